The van der Waals surface area contributed by atoms with Crippen molar-refractivity contribution in [2.75, 3.05) is 25.4 Å². The van der Waals surface area contributed by atoms with Crippen LogP contribution < -0.4 is 0 Å². The molecule has 1 fully saturated rings. The van der Waals surface area contributed by atoms with E-state index in [9.17, 15) is 5.26 Å². The predicted molar refractivity (Wildman–Crippen MR) is 77.2 cm³/mol. The molecule has 1 aliphatic heterocycles. The monoisotopic (exact) mass is 276 g/mol. The Bertz CT molecular complexity index is 475. The number of likely N-dealkylation sites (tertiary alicyclic amines) is 1. The van der Waals surface area contributed by atoms with E-state index >= 15 is 0 Å². The molecule has 102 valence electrons. The quantitative estimate of drug-likeness (QED) is 0.791. The Balaban J connectivity index is 1.92. The van der Waals surface area contributed by atoms with Gasteiger partial charge in [0.15, 0.2) is 0 Å². The van der Waals surface area contributed by atoms with Crippen molar-refractivity contribution >= 4 is 11.8 Å². The van der Waals surface area contributed by atoms with Gasteiger partial charge in [-0.15, -0.1) is 16.9 Å². The van der Waals surface area contributed by atoms with Gasteiger partial charge in [-0.05, 0) is 45.3 Å². The molecule has 0 bridgehead atoms. The Kier molecular flexibility index (Phi) is 5.17. The summed E-state index contributed by atoms with van der Waals surface area (Å²) in [5.41, 5.74) is 2.49. The molecule has 0 radical (unpaired) electrons. The van der Waals surface area contributed by atoms with Crippen LogP contribution >= 0.6 is 11.8 Å². The fourth-order valence-corrected chi connectivity index (χ4v) is 3.26. The van der Waals surface area contributed by atoms with E-state index < -0.39 is 0 Å². The van der Waals surface area contributed by atoms with Crippen LogP contribution in [-0.2, 0) is 0 Å². The highest BCUT2D eigenvalue weighted by atomic mass is 32.2. The summed E-state index contributed by atoms with van der Waals surface area (Å²) in [4.78, 5) is 2.50. The molecule has 2 rings (SSSR count). The average molecular weight is 276 g/mol. The van der Waals surface area contributed by atoms with Gasteiger partial charge in [0.05, 0.1) is 11.3 Å². The number of thioether (sulfide) groups is 1. The Morgan fingerprint density at radius 2 is 1.95 bits per heavy atom. The first kappa shape index (κ1) is 14.3. The van der Waals surface area contributed by atoms with Crippen LogP contribution in [-0.4, -0.2) is 40.5 Å². The summed E-state index contributed by atoms with van der Waals surface area (Å²) in [5.74, 6) is 0.978. The summed E-state index contributed by atoms with van der Waals surface area (Å²) in [7, 11) is 0. The molecule has 1 aromatic heterocycles. The molecule has 2 heterocycles. The minimum absolute atomic E-state index is 0.691. The fraction of sp³-hybridized carbons (Fsp3) is 0.643. The maximum Gasteiger partial charge on any atom is 0.137 e. The lowest BCUT2D eigenvalue weighted by Crippen LogP contribution is -2.31. The zero-order chi connectivity index (χ0) is 13.7. The molecule has 19 heavy (non-hydrogen) atoms. The highest BCUT2D eigenvalue weighted by Gasteiger charge is 2.13. The van der Waals surface area contributed by atoms with Crippen LogP contribution in [0.2, 0.25) is 0 Å². The maximum atomic E-state index is 9.23. The molecule has 0 aromatic carbocycles. The van der Waals surface area contributed by atoms with Gasteiger partial charge in [0.2, 0.25) is 0 Å². The van der Waals surface area contributed by atoms with E-state index in [4.69, 9.17) is 0 Å². The third-order valence-electron chi connectivity index (χ3n) is 3.63. The number of piperidine rings is 1. The van der Waals surface area contributed by atoms with Gasteiger partial charge in [-0.2, -0.15) is 10.4 Å². The summed E-state index contributed by atoms with van der Waals surface area (Å²) in [6.45, 7) is 7.33. The molecule has 0 amide bonds. The zero-order valence-corrected chi connectivity index (χ0v) is 12.5. The zero-order valence-electron chi connectivity index (χ0n) is 11.6. The van der Waals surface area contributed by atoms with E-state index in [0.29, 0.717) is 5.56 Å². The topological polar surface area (TPSA) is 52.8 Å². The summed E-state index contributed by atoms with van der Waals surface area (Å²) < 4.78 is 0. The van der Waals surface area contributed by atoms with Gasteiger partial charge >= 0.3 is 0 Å². The van der Waals surface area contributed by atoms with Gasteiger partial charge < -0.3 is 4.90 Å². The average Bonchev–Trinajstić information content (AvgIpc) is 2.44. The number of hydrogen-bond donors (Lipinski definition) is 0. The Morgan fingerprint density at radius 1 is 1.21 bits per heavy atom. The van der Waals surface area contributed by atoms with Gasteiger partial charge in [-0.3, -0.25) is 0 Å². The first-order valence-corrected chi connectivity index (χ1v) is 7.80. The second-order valence-corrected chi connectivity index (χ2v) is 6.04. The molecule has 0 unspecified atom stereocenters. The largest absolute Gasteiger partial charge is 0.303 e. The molecule has 0 saturated carbocycles. The second-order valence-electron chi connectivity index (χ2n) is 4.95. The Labute approximate surface area is 119 Å². The lowest BCUT2D eigenvalue weighted by atomic mass is 10.1. The van der Waals surface area contributed by atoms with Crippen molar-refractivity contribution in [3.8, 4) is 6.07 Å². The molecule has 0 atom stereocenters. The first-order chi connectivity index (χ1) is 9.22. The predicted octanol–water partition coefficient (Wildman–Crippen LogP) is 2.54. The van der Waals surface area contributed by atoms with Gasteiger partial charge in [-0.1, -0.05) is 6.42 Å². The molecule has 1 aromatic rings. The first-order valence-electron chi connectivity index (χ1n) is 6.81. The molecule has 0 aliphatic carbocycles. The van der Waals surface area contributed by atoms with Gasteiger partial charge in [-0.25, -0.2) is 0 Å². The highest BCUT2D eigenvalue weighted by molar-refractivity contribution is 7.99. The number of aryl methyl sites for hydroxylation is 1. The molecule has 0 N–H and O–H groups in total. The van der Waals surface area contributed by atoms with Crippen molar-refractivity contribution in [3.63, 3.8) is 0 Å². The molecule has 1 aliphatic rings. The smallest absolute Gasteiger partial charge is 0.137 e. The highest BCUT2D eigenvalue weighted by Crippen LogP contribution is 2.23. The van der Waals surface area contributed by atoms with Crippen molar-refractivity contribution < 1.29 is 0 Å². The Hall–Kier alpha value is -1.12. The summed E-state index contributed by atoms with van der Waals surface area (Å²) in [6.07, 6.45) is 4.00. The van der Waals surface area contributed by atoms with Crippen LogP contribution in [0.25, 0.3) is 0 Å². The molecule has 4 nitrogen and oxygen atoms in total. The minimum atomic E-state index is 0.691. The number of aromatic nitrogens is 2. The van der Waals surface area contributed by atoms with Crippen molar-refractivity contribution in [2.24, 2.45) is 0 Å². The van der Waals surface area contributed by atoms with Crippen LogP contribution in [0.1, 0.15) is 36.1 Å². The molecule has 1 saturated heterocycles. The Morgan fingerprint density at radius 3 is 2.63 bits per heavy atom. The maximum absolute atomic E-state index is 9.23. The SMILES string of the molecule is Cc1nnc(SCCN2CCCCC2)c(C#N)c1C. The van der Waals surface area contributed by atoms with E-state index in [1.807, 2.05) is 13.8 Å². The minimum Gasteiger partial charge on any atom is -0.303 e. The van der Waals surface area contributed by atoms with Crippen LogP contribution in [0.5, 0.6) is 0 Å². The number of hydrogen-bond acceptors (Lipinski definition) is 5. The van der Waals surface area contributed by atoms with Gasteiger partial charge in [0.1, 0.15) is 11.1 Å². The summed E-state index contributed by atoms with van der Waals surface area (Å²) >= 11 is 1.65. The third-order valence-corrected chi connectivity index (χ3v) is 4.58. The van der Waals surface area contributed by atoms with E-state index in [2.05, 4.69) is 21.2 Å². The van der Waals surface area contributed by atoms with Crippen LogP contribution in [0, 0.1) is 25.2 Å². The molecular formula is C14H20N4S. The van der Waals surface area contributed by atoms with Crippen molar-refractivity contribution in [2.45, 2.75) is 38.1 Å². The van der Waals surface area contributed by atoms with Crippen molar-refractivity contribution in [1.82, 2.24) is 15.1 Å². The van der Waals surface area contributed by atoms with E-state index in [1.54, 1.807) is 11.8 Å². The third kappa shape index (κ3) is 3.68. The van der Waals surface area contributed by atoms with E-state index in [1.165, 1.54) is 32.4 Å². The van der Waals surface area contributed by atoms with Gasteiger partial charge in [0, 0.05) is 12.3 Å². The number of rotatable bonds is 4. The normalized spacial score (nSPS) is 16.3. The molecule has 5 heteroatoms. The summed E-state index contributed by atoms with van der Waals surface area (Å²) in [5, 5.41) is 18.3. The molecule has 0 spiro atoms. The van der Waals surface area contributed by atoms with Crippen molar-refractivity contribution in [3.05, 3.63) is 16.8 Å². The second kappa shape index (κ2) is 6.88. The van der Waals surface area contributed by atoms with Crippen LogP contribution in [0.4, 0.5) is 0 Å². The van der Waals surface area contributed by atoms with Crippen LogP contribution in [0.3, 0.4) is 0 Å². The number of nitriles is 1. The van der Waals surface area contributed by atoms with Gasteiger partial charge in [0.25, 0.3) is 0 Å². The van der Waals surface area contributed by atoms with E-state index in [0.717, 1.165) is 28.6 Å². The van der Waals surface area contributed by atoms with Crippen molar-refractivity contribution in [1.29, 1.82) is 5.26 Å². The standard InChI is InChI=1S/C14H20N4S/c1-11-12(2)16-17-14(13(11)10-15)19-9-8-18-6-4-3-5-7-18/h3-9H2,1-2H3. The lowest BCUT2D eigenvalue weighted by molar-refractivity contribution is 0.242. The lowest BCUT2D eigenvalue weighted by Gasteiger charge is -2.25. The molecular weight excluding hydrogens is 256 g/mol. The van der Waals surface area contributed by atoms with E-state index in [-0.39, 0.29) is 0 Å². The fourth-order valence-electron chi connectivity index (χ4n) is 2.27. The number of nitrogens with zero attached hydrogens (tertiary/aromatic N) is 4. The summed E-state index contributed by atoms with van der Waals surface area (Å²) in [6, 6.07) is 2.26. The van der Waals surface area contributed by atoms with Crippen LogP contribution in [0.15, 0.2) is 5.03 Å².